The fourth-order valence-electron chi connectivity index (χ4n) is 4.10. The van der Waals surface area contributed by atoms with Crippen molar-refractivity contribution in [3.63, 3.8) is 0 Å². The summed E-state index contributed by atoms with van der Waals surface area (Å²) in [5.74, 6) is -2.41. The SMILES string of the molecule is O=C(Nc1ccc2c(n1)CCCc1ccc(-c3cccnc3)cc1-2)c1c(F)cccc1F. The van der Waals surface area contributed by atoms with E-state index in [0.717, 1.165) is 59.3 Å². The van der Waals surface area contributed by atoms with Crippen LogP contribution in [-0.2, 0) is 12.8 Å². The zero-order valence-corrected chi connectivity index (χ0v) is 17.1. The lowest BCUT2D eigenvalue weighted by molar-refractivity contribution is 0.101. The number of nitrogens with one attached hydrogen (secondary N) is 1. The number of aromatic nitrogens is 2. The van der Waals surface area contributed by atoms with Crippen molar-refractivity contribution in [3.05, 3.63) is 102 Å². The molecule has 0 saturated carbocycles. The molecule has 1 aliphatic carbocycles. The van der Waals surface area contributed by atoms with E-state index in [-0.39, 0.29) is 5.82 Å². The highest BCUT2D eigenvalue weighted by Crippen LogP contribution is 2.35. The lowest BCUT2D eigenvalue weighted by Gasteiger charge is -2.13. The van der Waals surface area contributed by atoms with Crippen LogP contribution in [0, 0.1) is 11.6 Å². The Morgan fingerprint density at radius 3 is 2.50 bits per heavy atom. The number of aryl methyl sites for hydroxylation is 2. The Kier molecular flexibility index (Phi) is 5.19. The number of nitrogens with zero attached hydrogens (tertiary/aromatic N) is 2. The minimum absolute atomic E-state index is 0.267. The number of rotatable bonds is 3. The number of carbonyl (C=O) groups is 1. The molecule has 0 spiro atoms. The van der Waals surface area contributed by atoms with Gasteiger partial charge in [0.1, 0.15) is 23.0 Å². The highest BCUT2D eigenvalue weighted by molar-refractivity contribution is 6.04. The summed E-state index contributed by atoms with van der Waals surface area (Å²) < 4.78 is 27.9. The molecule has 0 bridgehead atoms. The van der Waals surface area contributed by atoms with E-state index in [2.05, 4.69) is 33.5 Å². The van der Waals surface area contributed by atoms with E-state index in [4.69, 9.17) is 0 Å². The summed E-state index contributed by atoms with van der Waals surface area (Å²) in [7, 11) is 0. The quantitative estimate of drug-likeness (QED) is 0.448. The summed E-state index contributed by atoms with van der Waals surface area (Å²) in [6, 6.07) is 17.2. The predicted molar refractivity (Wildman–Crippen MR) is 119 cm³/mol. The molecule has 2 heterocycles. The van der Waals surface area contributed by atoms with Crippen LogP contribution in [0.25, 0.3) is 22.3 Å². The molecular weight excluding hydrogens is 408 g/mol. The van der Waals surface area contributed by atoms with Crippen LogP contribution in [0.5, 0.6) is 0 Å². The van der Waals surface area contributed by atoms with Crippen molar-refractivity contribution < 1.29 is 13.6 Å². The molecule has 32 heavy (non-hydrogen) atoms. The normalized spacial score (nSPS) is 12.4. The maximum Gasteiger partial charge on any atom is 0.262 e. The largest absolute Gasteiger partial charge is 0.306 e. The number of carbonyl (C=O) groups excluding carboxylic acids is 1. The maximum atomic E-state index is 13.9. The fourth-order valence-corrected chi connectivity index (χ4v) is 4.10. The van der Waals surface area contributed by atoms with Gasteiger partial charge in [-0.05, 0) is 72.4 Å². The van der Waals surface area contributed by atoms with Crippen LogP contribution in [-0.4, -0.2) is 15.9 Å². The summed E-state index contributed by atoms with van der Waals surface area (Å²) in [6.07, 6.45) is 6.15. The summed E-state index contributed by atoms with van der Waals surface area (Å²) in [6.45, 7) is 0. The first kappa shape index (κ1) is 20.0. The lowest BCUT2D eigenvalue weighted by Crippen LogP contribution is -2.17. The Hall–Kier alpha value is -3.93. The molecule has 4 aromatic rings. The molecule has 158 valence electrons. The molecule has 0 radical (unpaired) electrons. The molecular formula is C26H19F2N3O. The molecule has 0 atom stereocenters. The first-order valence-corrected chi connectivity index (χ1v) is 10.4. The second-order valence-corrected chi connectivity index (χ2v) is 7.71. The van der Waals surface area contributed by atoms with Crippen molar-refractivity contribution >= 4 is 11.7 Å². The van der Waals surface area contributed by atoms with Gasteiger partial charge in [0.05, 0.1) is 5.69 Å². The summed E-state index contributed by atoms with van der Waals surface area (Å²) >= 11 is 0. The van der Waals surface area contributed by atoms with Crippen molar-refractivity contribution in [2.45, 2.75) is 19.3 Å². The number of amides is 1. The van der Waals surface area contributed by atoms with E-state index in [1.165, 1.54) is 11.6 Å². The molecule has 5 rings (SSSR count). The number of pyridine rings is 2. The van der Waals surface area contributed by atoms with Gasteiger partial charge < -0.3 is 5.32 Å². The molecule has 6 heteroatoms. The Balaban J connectivity index is 1.50. The number of halogens is 2. The molecule has 1 aliphatic rings. The third-order valence-electron chi connectivity index (χ3n) is 5.66. The average molecular weight is 427 g/mol. The Morgan fingerprint density at radius 1 is 0.875 bits per heavy atom. The third-order valence-corrected chi connectivity index (χ3v) is 5.66. The predicted octanol–water partition coefficient (Wildman–Crippen LogP) is 5.83. The monoisotopic (exact) mass is 427 g/mol. The van der Waals surface area contributed by atoms with E-state index in [1.54, 1.807) is 12.3 Å². The first-order chi connectivity index (χ1) is 15.6. The lowest BCUT2D eigenvalue weighted by atomic mass is 9.94. The van der Waals surface area contributed by atoms with Gasteiger partial charge in [0.15, 0.2) is 0 Å². The molecule has 2 aromatic heterocycles. The molecule has 0 unspecified atom stereocenters. The highest BCUT2D eigenvalue weighted by atomic mass is 19.1. The summed E-state index contributed by atoms with van der Waals surface area (Å²) in [5.41, 5.74) is 5.67. The first-order valence-electron chi connectivity index (χ1n) is 10.4. The van der Waals surface area contributed by atoms with Gasteiger partial charge in [-0.15, -0.1) is 0 Å². The van der Waals surface area contributed by atoms with Crippen molar-refractivity contribution in [2.24, 2.45) is 0 Å². The zero-order valence-electron chi connectivity index (χ0n) is 17.1. The fraction of sp³-hybridized carbons (Fsp3) is 0.115. The molecule has 0 aliphatic heterocycles. The molecule has 2 aromatic carbocycles. The van der Waals surface area contributed by atoms with Crippen LogP contribution in [0.4, 0.5) is 14.6 Å². The van der Waals surface area contributed by atoms with Gasteiger partial charge in [0.2, 0.25) is 0 Å². The van der Waals surface area contributed by atoms with Gasteiger partial charge in [0, 0.05) is 23.5 Å². The number of hydrogen-bond acceptors (Lipinski definition) is 3. The van der Waals surface area contributed by atoms with Gasteiger partial charge in [0.25, 0.3) is 5.91 Å². The maximum absolute atomic E-state index is 13.9. The minimum Gasteiger partial charge on any atom is -0.306 e. The molecule has 1 amide bonds. The van der Waals surface area contributed by atoms with Crippen LogP contribution >= 0.6 is 0 Å². The van der Waals surface area contributed by atoms with Crippen LogP contribution < -0.4 is 5.32 Å². The number of benzene rings is 2. The average Bonchev–Trinajstić information content (AvgIpc) is 2.98. The summed E-state index contributed by atoms with van der Waals surface area (Å²) in [4.78, 5) is 21.3. The van der Waals surface area contributed by atoms with E-state index >= 15 is 0 Å². The van der Waals surface area contributed by atoms with Crippen molar-refractivity contribution in [3.8, 4) is 22.3 Å². The summed E-state index contributed by atoms with van der Waals surface area (Å²) in [5, 5.41) is 2.53. The van der Waals surface area contributed by atoms with Crippen molar-refractivity contribution in [2.75, 3.05) is 5.32 Å². The van der Waals surface area contributed by atoms with E-state index in [1.807, 2.05) is 24.4 Å². The Bertz CT molecular complexity index is 1300. The number of anilines is 1. The topological polar surface area (TPSA) is 54.9 Å². The van der Waals surface area contributed by atoms with Gasteiger partial charge >= 0.3 is 0 Å². The van der Waals surface area contributed by atoms with Gasteiger partial charge in [-0.25, -0.2) is 13.8 Å². The van der Waals surface area contributed by atoms with Crippen molar-refractivity contribution in [1.29, 1.82) is 0 Å². The second kappa shape index (κ2) is 8.30. The van der Waals surface area contributed by atoms with Crippen molar-refractivity contribution in [1.82, 2.24) is 9.97 Å². The highest BCUT2D eigenvalue weighted by Gasteiger charge is 2.20. The molecule has 0 saturated heterocycles. The van der Waals surface area contributed by atoms with Gasteiger partial charge in [-0.1, -0.05) is 24.3 Å². The Morgan fingerprint density at radius 2 is 1.72 bits per heavy atom. The van der Waals surface area contributed by atoms with Gasteiger partial charge in [-0.3, -0.25) is 9.78 Å². The van der Waals surface area contributed by atoms with E-state index < -0.39 is 23.1 Å². The second-order valence-electron chi connectivity index (χ2n) is 7.71. The van der Waals surface area contributed by atoms with E-state index in [0.29, 0.717) is 0 Å². The molecule has 1 N–H and O–H groups in total. The van der Waals surface area contributed by atoms with Gasteiger partial charge in [-0.2, -0.15) is 0 Å². The Labute approximate surface area is 184 Å². The smallest absolute Gasteiger partial charge is 0.262 e. The number of fused-ring (bicyclic) bond motifs is 3. The zero-order chi connectivity index (χ0) is 22.1. The van der Waals surface area contributed by atoms with Crippen LogP contribution in [0.1, 0.15) is 28.0 Å². The molecule has 0 fully saturated rings. The number of hydrogen-bond donors (Lipinski definition) is 1. The molecule has 4 nitrogen and oxygen atoms in total. The minimum atomic E-state index is -0.908. The van der Waals surface area contributed by atoms with Crippen LogP contribution in [0.2, 0.25) is 0 Å². The van der Waals surface area contributed by atoms with Crippen LogP contribution in [0.15, 0.2) is 73.1 Å². The third kappa shape index (κ3) is 3.75. The van der Waals surface area contributed by atoms with E-state index in [9.17, 15) is 13.6 Å². The van der Waals surface area contributed by atoms with Crippen LogP contribution in [0.3, 0.4) is 0 Å². The standard InChI is InChI=1S/C26H19F2N3O/c27-21-6-2-7-22(28)25(21)26(32)31-24-12-11-19-20-14-17(18-5-3-13-29-15-18)10-9-16(20)4-1-8-23(19)30-24/h2-3,5-7,9-15H,1,4,8H2,(H,30,31,32).